The molecule has 0 unspecified atom stereocenters. The molecule has 0 aromatic heterocycles. The van der Waals surface area contributed by atoms with Crippen molar-refractivity contribution in [2.24, 2.45) is 0 Å². The summed E-state index contributed by atoms with van der Waals surface area (Å²) in [6.07, 6.45) is 0.357. The highest BCUT2D eigenvalue weighted by atomic mass is 32.2. The van der Waals surface area contributed by atoms with Crippen LogP contribution in [0.4, 0.5) is 0 Å². The topological polar surface area (TPSA) is 112 Å². The number of rotatable bonds is 9. The van der Waals surface area contributed by atoms with Crippen molar-refractivity contribution in [3.8, 4) is 23.0 Å². The lowest BCUT2D eigenvalue weighted by Gasteiger charge is -2.24. The van der Waals surface area contributed by atoms with Crippen molar-refractivity contribution >= 4 is 20.0 Å². The minimum Gasteiger partial charge on any atom is -0.493 e. The normalized spacial score (nSPS) is 17.2. The van der Waals surface area contributed by atoms with Crippen LogP contribution in [-0.4, -0.2) is 80.1 Å². The summed E-state index contributed by atoms with van der Waals surface area (Å²) >= 11 is 0. The van der Waals surface area contributed by atoms with E-state index in [1.165, 1.54) is 80.5 Å². The Bertz CT molecular complexity index is 1210. The summed E-state index contributed by atoms with van der Waals surface area (Å²) in [5.74, 6) is 1.40. The molecule has 0 saturated carbocycles. The predicted molar refractivity (Wildman–Crippen MR) is 121 cm³/mol. The van der Waals surface area contributed by atoms with Crippen LogP contribution in [0.5, 0.6) is 23.0 Å². The van der Waals surface area contributed by atoms with Crippen LogP contribution in [0, 0.1) is 0 Å². The molecule has 0 bridgehead atoms. The van der Waals surface area contributed by atoms with Crippen LogP contribution in [0.15, 0.2) is 46.2 Å². The van der Waals surface area contributed by atoms with E-state index in [0.29, 0.717) is 23.7 Å². The summed E-state index contributed by atoms with van der Waals surface area (Å²) in [4.78, 5) is 0.0787. The molecule has 3 rings (SSSR count). The SMILES string of the molecule is COc1ccc(S(=O)(=O)N2CC[C@@H](N(C)S(=O)(=O)c3ccc(OC)c(OC)c3)C2)cc1OC. The van der Waals surface area contributed by atoms with E-state index in [-0.39, 0.29) is 28.6 Å². The molecule has 0 spiro atoms. The molecule has 1 aliphatic rings. The second-order valence-electron chi connectivity index (χ2n) is 7.36. The van der Waals surface area contributed by atoms with Gasteiger partial charge in [-0.25, -0.2) is 16.8 Å². The largest absolute Gasteiger partial charge is 0.493 e. The van der Waals surface area contributed by atoms with Gasteiger partial charge < -0.3 is 18.9 Å². The van der Waals surface area contributed by atoms with E-state index in [2.05, 4.69) is 0 Å². The quantitative estimate of drug-likeness (QED) is 0.513. The molecule has 33 heavy (non-hydrogen) atoms. The van der Waals surface area contributed by atoms with Crippen LogP contribution >= 0.6 is 0 Å². The van der Waals surface area contributed by atoms with Crippen molar-refractivity contribution in [1.82, 2.24) is 8.61 Å². The van der Waals surface area contributed by atoms with Gasteiger partial charge in [0.2, 0.25) is 20.0 Å². The zero-order chi connectivity index (χ0) is 24.4. The van der Waals surface area contributed by atoms with Crippen molar-refractivity contribution in [3.05, 3.63) is 36.4 Å². The molecule has 12 heteroatoms. The Kier molecular flexibility index (Phi) is 7.42. The maximum atomic E-state index is 13.2. The Balaban J connectivity index is 1.82. The van der Waals surface area contributed by atoms with Crippen LogP contribution < -0.4 is 18.9 Å². The van der Waals surface area contributed by atoms with Gasteiger partial charge in [0.05, 0.1) is 38.2 Å². The smallest absolute Gasteiger partial charge is 0.243 e. The Morgan fingerprint density at radius 1 is 0.788 bits per heavy atom. The zero-order valence-corrected chi connectivity index (χ0v) is 20.8. The zero-order valence-electron chi connectivity index (χ0n) is 19.1. The molecular weight excluding hydrogens is 472 g/mol. The van der Waals surface area contributed by atoms with Crippen molar-refractivity contribution < 1.29 is 35.8 Å². The molecule has 2 aromatic carbocycles. The Labute approximate surface area is 194 Å². The van der Waals surface area contributed by atoms with Crippen LogP contribution in [0.1, 0.15) is 6.42 Å². The number of ether oxygens (including phenoxy) is 4. The van der Waals surface area contributed by atoms with E-state index in [1.807, 2.05) is 0 Å². The average molecular weight is 501 g/mol. The van der Waals surface area contributed by atoms with E-state index >= 15 is 0 Å². The Morgan fingerprint density at radius 3 is 1.79 bits per heavy atom. The minimum absolute atomic E-state index is 0.0275. The molecule has 182 valence electrons. The average Bonchev–Trinajstić information content (AvgIpc) is 3.33. The second-order valence-corrected chi connectivity index (χ2v) is 11.3. The molecule has 0 radical (unpaired) electrons. The molecule has 0 amide bonds. The standard InChI is InChI=1S/C21H28N2O8S2/c1-22(32(24,25)16-6-8-18(28-2)20(12-16)30-4)15-10-11-23(14-15)33(26,27)17-7-9-19(29-3)21(13-17)31-5/h6-9,12-13,15H,10-11,14H2,1-5H3/t15-/m1/s1. The highest BCUT2D eigenvalue weighted by molar-refractivity contribution is 7.89. The fourth-order valence-electron chi connectivity index (χ4n) is 3.69. The van der Waals surface area contributed by atoms with Gasteiger partial charge in [0.15, 0.2) is 23.0 Å². The van der Waals surface area contributed by atoms with Crippen molar-refractivity contribution in [2.75, 3.05) is 48.6 Å². The van der Waals surface area contributed by atoms with E-state index in [1.54, 1.807) is 0 Å². The molecule has 0 aliphatic carbocycles. The summed E-state index contributed by atoms with van der Waals surface area (Å²) in [5, 5.41) is 0. The lowest BCUT2D eigenvalue weighted by Crippen LogP contribution is -2.40. The third-order valence-electron chi connectivity index (χ3n) is 5.67. The molecule has 1 atom stereocenters. The first-order chi connectivity index (χ1) is 15.6. The number of methoxy groups -OCH3 is 4. The van der Waals surface area contributed by atoms with E-state index in [9.17, 15) is 16.8 Å². The third-order valence-corrected chi connectivity index (χ3v) is 9.43. The predicted octanol–water partition coefficient (Wildman–Crippen LogP) is 1.80. The van der Waals surface area contributed by atoms with Gasteiger partial charge in [-0.1, -0.05) is 0 Å². The first-order valence-corrected chi connectivity index (χ1v) is 12.9. The number of nitrogens with zero attached hydrogens (tertiary/aromatic N) is 2. The maximum absolute atomic E-state index is 13.2. The lowest BCUT2D eigenvalue weighted by atomic mass is 10.3. The second kappa shape index (κ2) is 9.75. The third kappa shape index (κ3) is 4.74. The molecule has 10 nitrogen and oxygen atoms in total. The van der Waals surface area contributed by atoms with Crippen LogP contribution in [-0.2, 0) is 20.0 Å². The van der Waals surface area contributed by atoms with Gasteiger partial charge in [-0.05, 0) is 30.7 Å². The van der Waals surface area contributed by atoms with Gasteiger partial charge in [0.1, 0.15) is 0 Å². The van der Waals surface area contributed by atoms with Crippen molar-refractivity contribution in [3.63, 3.8) is 0 Å². The molecule has 1 heterocycles. The Hall–Kier alpha value is -2.54. The fourth-order valence-corrected chi connectivity index (χ4v) is 6.59. The van der Waals surface area contributed by atoms with Crippen LogP contribution in [0.2, 0.25) is 0 Å². The van der Waals surface area contributed by atoms with Gasteiger partial charge in [-0.3, -0.25) is 0 Å². The molecule has 0 N–H and O–H groups in total. The van der Waals surface area contributed by atoms with E-state index in [0.717, 1.165) is 0 Å². The molecular formula is C21H28N2O8S2. The molecule has 1 fully saturated rings. The van der Waals surface area contributed by atoms with Gasteiger partial charge in [0.25, 0.3) is 0 Å². The minimum atomic E-state index is -3.89. The van der Waals surface area contributed by atoms with E-state index < -0.39 is 26.1 Å². The number of hydrogen-bond donors (Lipinski definition) is 0. The Morgan fingerprint density at radius 2 is 1.27 bits per heavy atom. The van der Waals surface area contributed by atoms with Crippen LogP contribution in [0.3, 0.4) is 0 Å². The van der Waals surface area contributed by atoms with Gasteiger partial charge in [-0.15, -0.1) is 0 Å². The monoisotopic (exact) mass is 500 g/mol. The van der Waals surface area contributed by atoms with Gasteiger partial charge >= 0.3 is 0 Å². The summed E-state index contributed by atoms with van der Waals surface area (Å²) in [6.45, 7) is 0.215. The first-order valence-electron chi connectivity index (χ1n) is 10.0. The van der Waals surface area contributed by atoms with Crippen LogP contribution in [0.25, 0.3) is 0 Å². The van der Waals surface area contributed by atoms with E-state index in [4.69, 9.17) is 18.9 Å². The summed E-state index contributed by atoms with van der Waals surface area (Å²) in [5.41, 5.74) is 0. The lowest BCUT2D eigenvalue weighted by molar-refractivity contribution is 0.352. The highest BCUT2D eigenvalue weighted by Gasteiger charge is 2.38. The fraction of sp³-hybridized carbons (Fsp3) is 0.429. The summed E-state index contributed by atoms with van der Waals surface area (Å²) in [7, 11) is -0.525. The van der Waals surface area contributed by atoms with Crippen molar-refractivity contribution in [1.29, 1.82) is 0 Å². The summed E-state index contributed by atoms with van der Waals surface area (Å²) in [6, 6.07) is 8.16. The van der Waals surface area contributed by atoms with Gasteiger partial charge in [-0.2, -0.15) is 8.61 Å². The number of likely N-dealkylation sites (N-methyl/N-ethyl adjacent to an activating group) is 1. The van der Waals surface area contributed by atoms with Gasteiger partial charge in [0, 0.05) is 38.3 Å². The molecule has 1 saturated heterocycles. The number of hydrogen-bond acceptors (Lipinski definition) is 8. The molecule has 1 aliphatic heterocycles. The highest BCUT2D eigenvalue weighted by Crippen LogP contribution is 2.34. The number of sulfonamides is 2. The summed E-state index contributed by atoms with van der Waals surface area (Å²) < 4.78 is 76.0. The molecule has 2 aromatic rings. The van der Waals surface area contributed by atoms with Crippen molar-refractivity contribution in [2.45, 2.75) is 22.3 Å². The number of benzene rings is 2. The maximum Gasteiger partial charge on any atom is 0.243 e. The first kappa shape index (κ1) is 25.1.